The Bertz CT molecular complexity index is 779. The second-order valence-corrected chi connectivity index (χ2v) is 7.57. The molecule has 2 rings (SSSR count). The van der Waals surface area contributed by atoms with Crippen LogP contribution in [0.25, 0.3) is 11.1 Å². The van der Waals surface area contributed by atoms with Crippen molar-refractivity contribution in [3.63, 3.8) is 0 Å². The normalized spacial score (nSPS) is 11.0. The molecule has 6 nitrogen and oxygen atoms in total. The van der Waals surface area contributed by atoms with E-state index in [-0.39, 0.29) is 0 Å². The molecule has 2 aromatic carbocycles. The van der Waals surface area contributed by atoms with E-state index in [2.05, 4.69) is 49.1 Å². The van der Waals surface area contributed by atoms with Crippen LogP contribution in [0.15, 0.2) is 36.4 Å². The van der Waals surface area contributed by atoms with Crippen molar-refractivity contribution < 1.29 is 23.7 Å². The van der Waals surface area contributed by atoms with Crippen LogP contribution in [0.1, 0.15) is 11.1 Å². The van der Waals surface area contributed by atoms with Crippen LogP contribution in [0.5, 0.6) is 5.75 Å². The fourth-order valence-corrected chi connectivity index (χ4v) is 3.10. The third kappa shape index (κ3) is 8.87. The topological polar surface area (TPSA) is 49.4 Å². The molecule has 0 saturated heterocycles. The molecule has 2 aromatic rings. The van der Waals surface area contributed by atoms with Crippen molar-refractivity contribution in [2.45, 2.75) is 13.8 Å². The maximum Gasteiger partial charge on any atom is 0.142 e. The first-order valence-electron chi connectivity index (χ1n) is 10.8. The minimum absolute atomic E-state index is 0.490. The van der Waals surface area contributed by atoms with E-state index < -0.39 is 0 Å². The van der Waals surface area contributed by atoms with Crippen molar-refractivity contribution in [3.05, 3.63) is 47.5 Å². The molecule has 6 heteroatoms. The Balaban J connectivity index is 1.75. The SMILES string of the molecule is COCCOCCOCCOCCOc1ccc(-c2cc(C)ccc2C)cc1N(C)C. The van der Waals surface area contributed by atoms with Gasteiger partial charge in [0.2, 0.25) is 0 Å². The first-order chi connectivity index (χ1) is 15.0. The Labute approximate surface area is 187 Å². The van der Waals surface area contributed by atoms with E-state index >= 15 is 0 Å². The lowest BCUT2D eigenvalue weighted by Crippen LogP contribution is -2.15. The lowest BCUT2D eigenvalue weighted by Gasteiger charge is -2.20. The highest BCUT2D eigenvalue weighted by Crippen LogP contribution is 2.34. The number of anilines is 1. The average molecular weight is 432 g/mol. The van der Waals surface area contributed by atoms with Gasteiger partial charge in [0.05, 0.1) is 51.9 Å². The largest absolute Gasteiger partial charge is 0.489 e. The average Bonchev–Trinajstić information content (AvgIpc) is 2.76. The summed E-state index contributed by atoms with van der Waals surface area (Å²) >= 11 is 0. The molecule has 0 aromatic heterocycles. The molecular weight excluding hydrogens is 394 g/mol. The van der Waals surface area contributed by atoms with Crippen molar-refractivity contribution in [2.75, 3.05) is 79.0 Å². The molecule has 31 heavy (non-hydrogen) atoms. The molecule has 0 spiro atoms. The predicted octanol–water partition coefficient (Wildman–Crippen LogP) is 4.11. The maximum atomic E-state index is 5.99. The monoisotopic (exact) mass is 431 g/mol. The lowest BCUT2D eigenvalue weighted by molar-refractivity contribution is 0.000183. The van der Waals surface area contributed by atoms with E-state index in [1.54, 1.807) is 7.11 Å². The minimum Gasteiger partial charge on any atom is -0.489 e. The van der Waals surface area contributed by atoms with Gasteiger partial charge in [-0.1, -0.05) is 29.8 Å². The highest BCUT2D eigenvalue weighted by Gasteiger charge is 2.10. The number of nitrogens with zero attached hydrogens (tertiary/aromatic N) is 1. The van der Waals surface area contributed by atoms with Gasteiger partial charge in [-0.15, -0.1) is 0 Å². The van der Waals surface area contributed by atoms with Gasteiger partial charge in [0, 0.05) is 21.2 Å². The summed E-state index contributed by atoms with van der Waals surface area (Å²) in [5.74, 6) is 0.854. The second-order valence-electron chi connectivity index (χ2n) is 7.57. The first kappa shape index (κ1) is 25.1. The van der Waals surface area contributed by atoms with Gasteiger partial charge in [0.25, 0.3) is 0 Å². The molecule has 0 N–H and O–H groups in total. The zero-order valence-electron chi connectivity index (χ0n) is 19.6. The third-order valence-electron chi connectivity index (χ3n) is 4.81. The molecule has 0 atom stereocenters. The van der Waals surface area contributed by atoms with Crippen molar-refractivity contribution in [2.24, 2.45) is 0 Å². The fraction of sp³-hybridized carbons (Fsp3) is 0.520. The third-order valence-corrected chi connectivity index (χ3v) is 4.81. The van der Waals surface area contributed by atoms with Gasteiger partial charge in [-0.2, -0.15) is 0 Å². The highest BCUT2D eigenvalue weighted by atomic mass is 16.6. The summed E-state index contributed by atoms with van der Waals surface area (Å²) in [7, 11) is 5.72. The van der Waals surface area contributed by atoms with Crippen LogP contribution in [0.4, 0.5) is 5.69 Å². The van der Waals surface area contributed by atoms with Crippen molar-refractivity contribution in [1.82, 2.24) is 0 Å². The van der Waals surface area contributed by atoms with Crippen LogP contribution in [0.2, 0.25) is 0 Å². The predicted molar refractivity (Wildman–Crippen MR) is 126 cm³/mol. The zero-order valence-corrected chi connectivity index (χ0v) is 19.6. The standard InChI is InChI=1S/C25H37NO5/c1-20-6-7-21(2)23(18-20)22-8-9-25(24(19-22)26(3)4)31-17-16-30-15-14-29-13-12-28-11-10-27-5/h6-9,18-19H,10-17H2,1-5H3. The number of ether oxygens (including phenoxy) is 5. The fourth-order valence-electron chi connectivity index (χ4n) is 3.10. The van der Waals surface area contributed by atoms with E-state index in [1.165, 1.54) is 22.3 Å². The Morgan fingerprint density at radius 3 is 1.94 bits per heavy atom. The van der Waals surface area contributed by atoms with Crippen LogP contribution < -0.4 is 9.64 Å². The molecule has 0 unspecified atom stereocenters. The van der Waals surface area contributed by atoms with E-state index in [0.29, 0.717) is 52.9 Å². The Morgan fingerprint density at radius 2 is 1.32 bits per heavy atom. The summed E-state index contributed by atoms with van der Waals surface area (Å²) in [5.41, 5.74) is 6.02. The smallest absolute Gasteiger partial charge is 0.142 e. The number of hydrogen-bond donors (Lipinski definition) is 0. The molecule has 0 amide bonds. The molecule has 0 saturated carbocycles. The number of rotatable bonds is 15. The summed E-state index contributed by atoms with van der Waals surface area (Å²) in [4.78, 5) is 2.08. The molecular formula is C25H37NO5. The Morgan fingerprint density at radius 1 is 0.710 bits per heavy atom. The van der Waals surface area contributed by atoms with Gasteiger partial charge < -0.3 is 28.6 Å². The van der Waals surface area contributed by atoms with Crippen LogP contribution in [0.3, 0.4) is 0 Å². The summed E-state index contributed by atoms with van der Waals surface area (Å²) < 4.78 is 27.3. The second kappa shape index (κ2) is 14.0. The van der Waals surface area contributed by atoms with Crippen molar-refractivity contribution in [3.8, 4) is 16.9 Å². The number of methoxy groups -OCH3 is 1. The Kier molecular flexibility index (Phi) is 11.4. The first-order valence-corrected chi connectivity index (χ1v) is 10.8. The van der Waals surface area contributed by atoms with E-state index in [0.717, 1.165) is 11.4 Å². The van der Waals surface area contributed by atoms with E-state index in [9.17, 15) is 0 Å². The zero-order chi connectivity index (χ0) is 22.5. The molecule has 172 valence electrons. The van der Waals surface area contributed by atoms with Gasteiger partial charge in [-0.25, -0.2) is 0 Å². The summed E-state index contributed by atoms with van der Waals surface area (Å²) in [6, 6.07) is 12.9. The molecule has 0 aliphatic heterocycles. The van der Waals surface area contributed by atoms with Crippen LogP contribution in [-0.2, 0) is 18.9 Å². The molecule has 0 fully saturated rings. The maximum absolute atomic E-state index is 5.99. The molecule has 0 bridgehead atoms. The number of benzene rings is 2. The van der Waals surface area contributed by atoms with Crippen LogP contribution in [-0.4, -0.2) is 74.1 Å². The number of hydrogen-bond acceptors (Lipinski definition) is 6. The molecule has 0 radical (unpaired) electrons. The quantitative estimate of drug-likeness (QED) is 0.396. The van der Waals surface area contributed by atoms with Gasteiger partial charge in [-0.05, 0) is 42.7 Å². The Hall–Kier alpha value is -2.12. The number of aryl methyl sites for hydroxylation is 2. The van der Waals surface area contributed by atoms with Crippen molar-refractivity contribution >= 4 is 5.69 Å². The summed E-state index contributed by atoms with van der Waals surface area (Å²) in [6.07, 6.45) is 0. The summed E-state index contributed by atoms with van der Waals surface area (Å²) in [5, 5.41) is 0. The minimum atomic E-state index is 0.490. The highest BCUT2D eigenvalue weighted by molar-refractivity contribution is 5.74. The van der Waals surface area contributed by atoms with Gasteiger partial charge >= 0.3 is 0 Å². The van der Waals surface area contributed by atoms with E-state index in [4.69, 9.17) is 23.7 Å². The van der Waals surface area contributed by atoms with Crippen LogP contribution >= 0.6 is 0 Å². The summed E-state index contributed by atoms with van der Waals surface area (Å²) in [6.45, 7) is 8.67. The lowest BCUT2D eigenvalue weighted by atomic mass is 9.98. The van der Waals surface area contributed by atoms with Gasteiger partial charge in [0.15, 0.2) is 0 Å². The van der Waals surface area contributed by atoms with Crippen LogP contribution in [0, 0.1) is 13.8 Å². The van der Waals surface area contributed by atoms with E-state index in [1.807, 2.05) is 20.2 Å². The van der Waals surface area contributed by atoms with Crippen molar-refractivity contribution in [1.29, 1.82) is 0 Å². The molecule has 0 aliphatic rings. The van der Waals surface area contributed by atoms with Gasteiger partial charge in [0.1, 0.15) is 12.4 Å². The van der Waals surface area contributed by atoms with Gasteiger partial charge in [-0.3, -0.25) is 0 Å². The molecule has 0 heterocycles. The molecule has 0 aliphatic carbocycles.